The van der Waals surface area contributed by atoms with Crippen molar-refractivity contribution in [3.63, 3.8) is 0 Å². The highest BCUT2D eigenvalue weighted by Gasteiger charge is 1.80. The van der Waals surface area contributed by atoms with E-state index < -0.39 is 0 Å². The zero-order valence-electron chi connectivity index (χ0n) is 6.80. The summed E-state index contributed by atoms with van der Waals surface area (Å²) >= 11 is 0. The van der Waals surface area contributed by atoms with Crippen LogP contribution in [0.15, 0.2) is 36.1 Å². The van der Waals surface area contributed by atoms with Crippen molar-refractivity contribution in [3.05, 3.63) is 36.1 Å². The van der Waals surface area contributed by atoms with Crippen molar-refractivity contribution in [1.82, 2.24) is 0 Å². The molecule has 0 saturated heterocycles. The smallest absolute Gasteiger partial charge is 0.00464 e. The molecule has 0 aromatic carbocycles. The van der Waals surface area contributed by atoms with Crippen LogP contribution in [0.25, 0.3) is 0 Å². The minimum atomic E-state index is 0.662. The van der Waals surface area contributed by atoms with Gasteiger partial charge in [-0.05, 0) is 18.6 Å². The Labute approximate surface area is 68.3 Å². The lowest BCUT2D eigenvalue weighted by atomic mass is 10.2. The minimum Gasteiger partial charge on any atom is -0.402 e. The lowest BCUT2D eigenvalue weighted by molar-refractivity contribution is 1.18. The molecular weight excluding hydrogens is 134 g/mol. The third-order valence-electron chi connectivity index (χ3n) is 1.07. The third-order valence-corrected chi connectivity index (χ3v) is 1.07. The van der Waals surface area contributed by atoms with Gasteiger partial charge in [-0.1, -0.05) is 24.7 Å². The Morgan fingerprint density at radius 1 is 1.73 bits per heavy atom. The number of hydrogen-bond donors (Lipinski definition) is 1. The summed E-state index contributed by atoms with van der Waals surface area (Å²) in [5.74, 6) is 2.44. The molecule has 0 aliphatic rings. The summed E-state index contributed by atoms with van der Waals surface area (Å²) in [5.41, 5.74) is 7.06. The average molecular weight is 147 g/mol. The molecule has 1 heteroatoms. The fourth-order valence-corrected chi connectivity index (χ4v) is 0.576. The molecule has 0 aromatic rings. The van der Waals surface area contributed by atoms with Crippen LogP contribution in [0.2, 0.25) is 0 Å². The predicted molar refractivity (Wildman–Crippen MR) is 49.7 cm³/mol. The van der Waals surface area contributed by atoms with E-state index in [9.17, 15) is 0 Å². The van der Waals surface area contributed by atoms with E-state index in [2.05, 4.69) is 12.5 Å². The number of terminal acetylenes is 1. The number of hydrogen-bond acceptors (Lipinski definition) is 1. The molecule has 0 atom stereocenters. The number of allylic oxidation sites excluding steroid dienone is 4. The van der Waals surface area contributed by atoms with Gasteiger partial charge < -0.3 is 5.73 Å². The Morgan fingerprint density at radius 3 is 2.82 bits per heavy atom. The Hall–Kier alpha value is -1.42. The van der Waals surface area contributed by atoms with E-state index in [4.69, 9.17) is 12.2 Å². The maximum Gasteiger partial charge on any atom is 0.00464 e. The second-order valence-electron chi connectivity index (χ2n) is 2.32. The Morgan fingerprint density at radius 2 is 2.36 bits per heavy atom. The second-order valence-corrected chi connectivity index (χ2v) is 2.32. The quantitative estimate of drug-likeness (QED) is 0.479. The highest BCUT2D eigenvalue weighted by molar-refractivity contribution is 5.25. The van der Waals surface area contributed by atoms with Gasteiger partial charge in [0.1, 0.15) is 0 Å². The first-order valence-electron chi connectivity index (χ1n) is 3.39. The van der Waals surface area contributed by atoms with E-state index in [1.54, 1.807) is 6.08 Å². The van der Waals surface area contributed by atoms with Crippen molar-refractivity contribution in [2.24, 2.45) is 5.73 Å². The molecule has 0 aromatic heterocycles. The summed E-state index contributed by atoms with van der Waals surface area (Å²) in [6.07, 6.45) is 11.3. The fourth-order valence-electron chi connectivity index (χ4n) is 0.576. The largest absolute Gasteiger partial charge is 0.402 e. The van der Waals surface area contributed by atoms with Gasteiger partial charge in [0.05, 0.1) is 0 Å². The highest BCUT2D eigenvalue weighted by atomic mass is 14.5. The first-order valence-corrected chi connectivity index (χ1v) is 3.39. The van der Waals surface area contributed by atoms with E-state index in [0.717, 1.165) is 5.57 Å². The van der Waals surface area contributed by atoms with Gasteiger partial charge in [-0.15, -0.1) is 6.42 Å². The standard InChI is InChI=1S/C10H13N/c1-4-6-9(2)7-5-8-10(3)11/h1,5-7H,3,8,11H2,2H3/b7-5-,9-6-. The van der Waals surface area contributed by atoms with Gasteiger partial charge >= 0.3 is 0 Å². The van der Waals surface area contributed by atoms with Crippen molar-refractivity contribution >= 4 is 0 Å². The van der Waals surface area contributed by atoms with Gasteiger partial charge in [-0.2, -0.15) is 0 Å². The van der Waals surface area contributed by atoms with Crippen molar-refractivity contribution in [2.45, 2.75) is 13.3 Å². The van der Waals surface area contributed by atoms with Crippen LogP contribution in [-0.4, -0.2) is 0 Å². The van der Waals surface area contributed by atoms with Gasteiger partial charge in [0, 0.05) is 12.1 Å². The average Bonchev–Trinajstić information content (AvgIpc) is 1.87. The van der Waals surface area contributed by atoms with Gasteiger partial charge in [0.25, 0.3) is 0 Å². The summed E-state index contributed by atoms with van der Waals surface area (Å²) in [6.45, 7) is 5.50. The minimum absolute atomic E-state index is 0.662. The lowest BCUT2D eigenvalue weighted by Crippen LogP contribution is -1.90. The van der Waals surface area contributed by atoms with Crippen LogP contribution >= 0.6 is 0 Å². The third kappa shape index (κ3) is 6.47. The molecule has 1 nitrogen and oxygen atoms in total. The molecule has 58 valence electrons. The van der Waals surface area contributed by atoms with Crippen LogP contribution < -0.4 is 5.73 Å². The van der Waals surface area contributed by atoms with Crippen LogP contribution in [0.1, 0.15) is 13.3 Å². The molecule has 11 heavy (non-hydrogen) atoms. The highest BCUT2D eigenvalue weighted by Crippen LogP contribution is 1.97. The molecule has 0 heterocycles. The topological polar surface area (TPSA) is 26.0 Å². The lowest BCUT2D eigenvalue weighted by Gasteiger charge is -1.90. The Kier molecular flexibility index (Phi) is 4.68. The SMILES string of the molecule is C#C/C=C(C)\C=C/CC(=C)N. The van der Waals surface area contributed by atoms with Crippen LogP contribution in [0, 0.1) is 12.3 Å². The molecule has 0 saturated carbocycles. The summed E-state index contributed by atoms with van der Waals surface area (Å²) in [7, 11) is 0. The van der Waals surface area contributed by atoms with Crippen molar-refractivity contribution < 1.29 is 0 Å². The molecule has 0 bridgehead atoms. The van der Waals surface area contributed by atoms with Crippen LogP contribution in [0.5, 0.6) is 0 Å². The molecular formula is C10H13N. The molecule has 0 radical (unpaired) electrons. The van der Waals surface area contributed by atoms with E-state index >= 15 is 0 Å². The number of nitrogens with two attached hydrogens (primary N) is 1. The van der Waals surface area contributed by atoms with Crippen LogP contribution in [0.4, 0.5) is 0 Å². The second kappa shape index (κ2) is 5.37. The molecule has 0 aliphatic carbocycles. The van der Waals surface area contributed by atoms with Crippen molar-refractivity contribution in [2.75, 3.05) is 0 Å². The molecule has 0 fully saturated rings. The molecule has 0 amide bonds. The number of rotatable bonds is 3. The first kappa shape index (κ1) is 9.58. The monoisotopic (exact) mass is 147 g/mol. The van der Waals surface area contributed by atoms with Crippen LogP contribution in [0.3, 0.4) is 0 Å². The van der Waals surface area contributed by atoms with E-state index in [1.807, 2.05) is 19.1 Å². The van der Waals surface area contributed by atoms with Crippen molar-refractivity contribution in [1.29, 1.82) is 0 Å². The zero-order valence-corrected chi connectivity index (χ0v) is 6.80. The first-order chi connectivity index (χ1) is 5.16. The summed E-state index contributed by atoms with van der Waals surface area (Å²) < 4.78 is 0. The van der Waals surface area contributed by atoms with Crippen LogP contribution in [-0.2, 0) is 0 Å². The van der Waals surface area contributed by atoms with E-state index in [-0.39, 0.29) is 0 Å². The molecule has 2 N–H and O–H groups in total. The van der Waals surface area contributed by atoms with Gasteiger partial charge in [-0.3, -0.25) is 0 Å². The van der Waals surface area contributed by atoms with Crippen molar-refractivity contribution in [3.8, 4) is 12.3 Å². The molecule has 0 rings (SSSR count). The van der Waals surface area contributed by atoms with Gasteiger partial charge in [-0.25, -0.2) is 0 Å². The molecule has 0 spiro atoms. The molecule has 0 aliphatic heterocycles. The molecule has 0 unspecified atom stereocenters. The van der Waals surface area contributed by atoms with E-state index in [1.165, 1.54) is 0 Å². The summed E-state index contributed by atoms with van der Waals surface area (Å²) in [4.78, 5) is 0. The van der Waals surface area contributed by atoms with E-state index in [0.29, 0.717) is 12.1 Å². The normalized spacial score (nSPS) is 11.5. The zero-order chi connectivity index (χ0) is 8.69. The summed E-state index contributed by atoms with van der Waals surface area (Å²) in [5, 5.41) is 0. The summed E-state index contributed by atoms with van der Waals surface area (Å²) in [6, 6.07) is 0. The Balaban J connectivity index is 3.86. The maximum atomic E-state index is 5.35. The maximum absolute atomic E-state index is 5.35. The van der Waals surface area contributed by atoms with Gasteiger partial charge in [0.15, 0.2) is 0 Å². The predicted octanol–water partition coefficient (Wildman–Crippen LogP) is 1.98. The fraction of sp³-hybridized carbons (Fsp3) is 0.200. The Bertz CT molecular complexity index is 226. The van der Waals surface area contributed by atoms with Gasteiger partial charge in [0.2, 0.25) is 0 Å².